The third-order valence-electron chi connectivity index (χ3n) is 3.28. The molecule has 0 amide bonds. The van der Waals surface area contributed by atoms with Crippen LogP contribution in [0.3, 0.4) is 0 Å². The largest absolute Gasteiger partial charge is 0.478 e. The number of nitro benzene ring substituents is 1. The molecule has 0 aliphatic rings. The zero-order chi connectivity index (χ0) is 16.6. The molecule has 0 bridgehead atoms. The van der Waals surface area contributed by atoms with E-state index in [0.29, 0.717) is 21.9 Å². The van der Waals surface area contributed by atoms with Gasteiger partial charge in [-0.25, -0.2) is 9.78 Å². The molecule has 0 radical (unpaired) electrons. The number of aliphatic carboxylic acids is 1. The molecule has 0 fully saturated rings. The first kappa shape index (κ1) is 14.9. The highest BCUT2D eigenvalue weighted by atomic mass is 32.1. The molecule has 7 nitrogen and oxygen atoms in total. The average molecular weight is 329 g/mol. The van der Waals surface area contributed by atoms with Crippen molar-refractivity contribution in [2.45, 2.75) is 6.92 Å². The summed E-state index contributed by atoms with van der Waals surface area (Å²) in [5, 5.41) is 21.7. The predicted octanol–water partition coefficient (Wildman–Crippen LogP) is 3.38. The van der Waals surface area contributed by atoms with Crippen LogP contribution in [-0.4, -0.2) is 25.4 Å². The van der Waals surface area contributed by atoms with Crippen LogP contribution in [0.15, 0.2) is 35.7 Å². The summed E-state index contributed by atoms with van der Waals surface area (Å²) in [5.74, 6) is -1.07. The summed E-state index contributed by atoms with van der Waals surface area (Å²) in [7, 11) is 0. The van der Waals surface area contributed by atoms with Crippen molar-refractivity contribution in [3.8, 4) is 11.3 Å². The van der Waals surface area contributed by atoms with E-state index in [-0.39, 0.29) is 5.69 Å². The highest BCUT2D eigenvalue weighted by Crippen LogP contribution is 2.31. The van der Waals surface area contributed by atoms with Gasteiger partial charge in [-0.2, -0.15) is 0 Å². The summed E-state index contributed by atoms with van der Waals surface area (Å²) in [5.41, 5.74) is 2.55. The number of benzene rings is 1. The van der Waals surface area contributed by atoms with Crippen LogP contribution in [0, 0.1) is 17.0 Å². The van der Waals surface area contributed by atoms with Crippen molar-refractivity contribution in [1.82, 2.24) is 9.38 Å². The Kier molecular flexibility index (Phi) is 3.67. The van der Waals surface area contributed by atoms with Gasteiger partial charge in [0.1, 0.15) is 0 Å². The normalized spacial score (nSPS) is 11.3. The minimum absolute atomic E-state index is 0.0382. The topological polar surface area (TPSA) is 97.7 Å². The molecule has 0 aliphatic heterocycles. The van der Waals surface area contributed by atoms with Crippen LogP contribution in [0.2, 0.25) is 0 Å². The van der Waals surface area contributed by atoms with E-state index in [2.05, 4.69) is 4.98 Å². The Labute approximate surface area is 134 Å². The Morgan fingerprint density at radius 3 is 2.96 bits per heavy atom. The number of nitrogens with zero attached hydrogens (tertiary/aromatic N) is 3. The zero-order valence-corrected chi connectivity index (χ0v) is 12.8. The SMILES string of the molecule is Cc1csc2nc(-c3cccc([N+](=O)[O-])c3)c(/C=C/C(=O)O)n12. The van der Waals surface area contributed by atoms with Crippen LogP contribution in [-0.2, 0) is 4.79 Å². The number of carboxylic acid groups (broad SMARTS) is 1. The van der Waals surface area contributed by atoms with Crippen LogP contribution >= 0.6 is 11.3 Å². The zero-order valence-electron chi connectivity index (χ0n) is 12.0. The summed E-state index contributed by atoms with van der Waals surface area (Å²) < 4.78 is 1.83. The number of imidazole rings is 1. The third kappa shape index (κ3) is 2.71. The van der Waals surface area contributed by atoms with E-state index in [1.807, 2.05) is 16.7 Å². The van der Waals surface area contributed by atoms with Crippen molar-refractivity contribution in [1.29, 1.82) is 0 Å². The molecule has 0 aliphatic carbocycles. The average Bonchev–Trinajstić information content (AvgIpc) is 3.05. The van der Waals surface area contributed by atoms with Gasteiger partial charge >= 0.3 is 5.97 Å². The molecule has 8 heteroatoms. The molecule has 116 valence electrons. The van der Waals surface area contributed by atoms with E-state index >= 15 is 0 Å². The minimum atomic E-state index is -1.07. The molecule has 1 aromatic carbocycles. The smallest absolute Gasteiger partial charge is 0.328 e. The van der Waals surface area contributed by atoms with Gasteiger partial charge in [-0.05, 0) is 13.0 Å². The standard InChI is InChI=1S/C15H11N3O4S/c1-9-8-23-15-16-14(12(17(9)15)5-6-13(19)20)10-3-2-4-11(7-10)18(21)22/h2-8H,1H3,(H,19,20)/b6-5+. The van der Waals surface area contributed by atoms with E-state index < -0.39 is 10.9 Å². The molecule has 0 spiro atoms. The van der Waals surface area contributed by atoms with Crippen LogP contribution in [0.25, 0.3) is 22.3 Å². The highest BCUT2D eigenvalue weighted by molar-refractivity contribution is 7.15. The van der Waals surface area contributed by atoms with Gasteiger partial charge in [0, 0.05) is 34.8 Å². The lowest BCUT2D eigenvalue weighted by Gasteiger charge is -2.01. The fraction of sp³-hybridized carbons (Fsp3) is 0.0667. The molecule has 2 aromatic heterocycles. The fourth-order valence-electron chi connectivity index (χ4n) is 2.31. The first-order valence-electron chi connectivity index (χ1n) is 6.60. The first-order chi connectivity index (χ1) is 11.0. The molecule has 0 atom stereocenters. The molecule has 1 N–H and O–H groups in total. The number of fused-ring (bicyclic) bond motifs is 1. The van der Waals surface area contributed by atoms with Crippen LogP contribution in [0.1, 0.15) is 11.4 Å². The molecular weight excluding hydrogens is 318 g/mol. The molecule has 2 heterocycles. The number of aromatic nitrogens is 2. The van der Waals surface area contributed by atoms with Crippen LogP contribution in [0.4, 0.5) is 5.69 Å². The number of nitro groups is 1. The maximum atomic E-state index is 11.0. The van der Waals surface area contributed by atoms with E-state index in [0.717, 1.165) is 11.8 Å². The second-order valence-corrected chi connectivity index (χ2v) is 5.66. The molecule has 3 aromatic rings. The summed E-state index contributed by atoms with van der Waals surface area (Å²) in [4.78, 5) is 26.5. The van der Waals surface area contributed by atoms with Gasteiger partial charge in [-0.15, -0.1) is 11.3 Å². The molecule has 0 saturated carbocycles. The number of aryl methyl sites for hydroxylation is 1. The highest BCUT2D eigenvalue weighted by Gasteiger charge is 2.17. The van der Waals surface area contributed by atoms with Gasteiger partial charge in [0.05, 0.1) is 16.3 Å². The lowest BCUT2D eigenvalue weighted by atomic mass is 10.1. The number of hydrogen-bond donors (Lipinski definition) is 1. The summed E-state index contributed by atoms with van der Waals surface area (Å²) in [6.07, 6.45) is 2.48. The first-order valence-corrected chi connectivity index (χ1v) is 7.47. The summed E-state index contributed by atoms with van der Waals surface area (Å²) >= 11 is 1.43. The van der Waals surface area contributed by atoms with E-state index in [1.165, 1.54) is 29.5 Å². The van der Waals surface area contributed by atoms with Crippen molar-refractivity contribution >= 4 is 34.0 Å². The quantitative estimate of drug-likeness (QED) is 0.449. The molecule has 23 heavy (non-hydrogen) atoms. The number of rotatable bonds is 4. The predicted molar refractivity (Wildman–Crippen MR) is 86.6 cm³/mol. The van der Waals surface area contributed by atoms with Gasteiger partial charge in [-0.3, -0.25) is 14.5 Å². The van der Waals surface area contributed by atoms with E-state index in [9.17, 15) is 14.9 Å². The second-order valence-electron chi connectivity index (χ2n) is 4.82. The van der Waals surface area contributed by atoms with Gasteiger partial charge in [0.2, 0.25) is 0 Å². The monoisotopic (exact) mass is 329 g/mol. The van der Waals surface area contributed by atoms with Crippen molar-refractivity contribution in [2.24, 2.45) is 0 Å². The number of carboxylic acids is 1. The Balaban J connectivity index is 2.24. The van der Waals surface area contributed by atoms with Crippen molar-refractivity contribution in [3.63, 3.8) is 0 Å². The van der Waals surface area contributed by atoms with Crippen LogP contribution in [0.5, 0.6) is 0 Å². The van der Waals surface area contributed by atoms with Crippen LogP contribution < -0.4 is 0 Å². The van der Waals surface area contributed by atoms with E-state index in [1.54, 1.807) is 12.1 Å². The Morgan fingerprint density at radius 1 is 1.48 bits per heavy atom. The van der Waals surface area contributed by atoms with Gasteiger partial charge in [-0.1, -0.05) is 12.1 Å². The number of carbonyl (C=O) groups is 1. The van der Waals surface area contributed by atoms with Gasteiger partial charge in [0.15, 0.2) is 4.96 Å². The summed E-state index contributed by atoms with van der Waals surface area (Å²) in [6.45, 7) is 1.89. The summed E-state index contributed by atoms with van der Waals surface area (Å²) in [6, 6.07) is 6.13. The molecule has 0 saturated heterocycles. The Morgan fingerprint density at radius 2 is 2.26 bits per heavy atom. The minimum Gasteiger partial charge on any atom is -0.478 e. The number of hydrogen-bond acceptors (Lipinski definition) is 5. The second kappa shape index (κ2) is 5.65. The molecule has 3 rings (SSSR count). The number of thiazole rings is 1. The van der Waals surface area contributed by atoms with Crippen molar-refractivity contribution in [3.05, 3.63) is 57.2 Å². The van der Waals surface area contributed by atoms with Gasteiger partial charge < -0.3 is 5.11 Å². The maximum Gasteiger partial charge on any atom is 0.328 e. The Bertz CT molecular complexity index is 955. The fourth-order valence-corrected chi connectivity index (χ4v) is 3.18. The lowest BCUT2D eigenvalue weighted by Crippen LogP contribution is -1.93. The maximum absolute atomic E-state index is 11.0. The Hall–Kier alpha value is -3.00. The molecular formula is C15H11N3O4S. The van der Waals surface area contributed by atoms with Crippen molar-refractivity contribution in [2.75, 3.05) is 0 Å². The van der Waals surface area contributed by atoms with Crippen molar-refractivity contribution < 1.29 is 14.8 Å². The molecule has 0 unspecified atom stereocenters. The van der Waals surface area contributed by atoms with Gasteiger partial charge in [0.25, 0.3) is 5.69 Å². The number of non-ortho nitro benzene ring substituents is 1. The lowest BCUT2D eigenvalue weighted by molar-refractivity contribution is -0.384. The van der Waals surface area contributed by atoms with E-state index in [4.69, 9.17) is 5.11 Å². The third-order valence-corrected chi connectivity index (χ3v) is 4.23.